The van der Waals surface area contributed by atoms with Gasteiger partial charge in [0.25, 0.3) is 0 Å². The van der Waals surface area contributed by atoms with E-state index in [2.05, 4.69) is 0 Å². The molecule has 198 valence electrons. The van der Waals surface area contributed by atoms with E-state index in [1.54, 1.807) is 25.1 Å². The monoisotopic (exact) mass is 529 g/mol. The number of aryl methyl sites for hydroxylation is 1. The molecule has 0 radical (unpaired) electrons. The maximum Gasteiger partial charge on any atom is 0.416 e. The molecule has 0 aliphatic rings. The maximum absolute atomic E-state index is 14.3. The molecular weight excluding hydrogens is 507 g/mol. The normalized spacial score (nSPS) is 12.8. The van der Waals surface area contributed by atoms with Crippen molar-refractivity contribution in [3.8, 4) is 16.9 Å². The van der Waals surface area contributed by atoms with Gasteiger partial charge in [0, 0.05) is 12.1 Å². The van der Waals surface area contributed by atoms with Gasteiger partial charge in [-0.25, -0.2) is 9.18 Å². The van der Waals surface area contributed by atoms with E-state index in [9.17, 15) is 40.6 Å². The van der Waals surface area contributed by atoms with E-state index in [1.807, 2.05) is 0 Å². The van der Waals surface area contributed by atoms with E-state index in [0.29, 0.717) is 33.9 Å². The molecule has 1 atom stereocenters. The van der Waals surface area contributed by atoms with Crippen LogP contribution in [0.1, 0.15) is 40.8 Å². The molecule has 0 aromatic heterocycles. The summed E-state index contributed by atoms with van der Waals surface area (Å²) >= 11 is 0. The zero-order valence-corrected chi connectivity index (χ0v) is 19.8. The Balaban J connectivity index is 2.13. The number of alkyl halides is 6. The van der Waals surface area contributed by atoms with Crippen LogP contribution in [-0.4, -0.2) is 23.2 Å². The topological polar surface area (TPSA) is 49.8 Å². The van der Waals surface area contributed by atoms with Crippen LogP contribution in [0.2, 0.25) is 0 Å². The highest BCUT2D eigenvalue weighted by Gasteiger charge is 2.37. The highest BCUT2D eigenvalue weighted by molar-refractivity contribution is 5.75. The van der Waals surface area contributed by atoms with Crippen LogP contribution in [0.25, 0.3) is 11.1 Å². The number of halogens is 7. The molecule has 1 N–H and O–H groups in total. The number of hydrogen-bond acceptors (Lipinski definition) is 2. The van der Waals surface area contributed by atoms with Crippen molar-refractivity contribution >= 4 is 6.09 Å². The van der Waals surface area contributed by atoms with Gasteiger partial charge >= 0.3 is 18.4 Å². The second-order valence-corrected chi connectivity index (χ2v) is 8.44. The van der Waals surface area contributed by atoms with Gasteiger partial charge in [-0.1, -0.05) is 17.7 Å². The summed E-state index contributed by atoms with van der Waals surface area (Å²) in [5, 5.41) is 9.86. The van der Waals surface area contributed by atoms with E-state index in [-0.39, 0.29) is 11.6 Å². The Labute approximate surface area is 207 Å². The molecule has 0 spiro atoms. The molecule has 3 rings (SSSR count). The summed E-state index contributed by atoms with van der Waals surface area (Å²) in [5.74, 6) is -0.304. The number of hydrogen-bond donors (Lipinski definition) is 1. The first-order valence-corrected chi connectivity index (χ1v) is 10.8. The molecule has 37 heavy (non-hydrogen) atoms. The van der Waals surface area contributed by atoms with E-state index in [4.69, 9.17) is 4.74 Å². The molecule has 0 fully saturated rings. The molecule has 1 unspecified atom stereocenters. The fraction of sp³-hybridized carbons (Fsp3) is 0.269. The summed E-state index contributed by atoms with van der Waals surface area (Å²) in [6.07, 6.45) is -11.8. The summed E-state index contributed by atoms with van der Waals surface area (Å²) in [6, 6.07) is 8.53. The highest BCUT2D eigenvalue weighted by atomic mass is 19.4. The molecule has 4 nitrogen and oxygen atoms in total. The average molecular weight is 529 g/mol. The quantitative estimate of drug-likeness (QED) is 0.329. The number of nitrogens with zero attached hydrogens (tertiary/aromatic N) is 1. The van der Waals surface area contributed by atoms with E-state index in [0.717, 1.165) is 17.7 Å². The van der Waals surface area contributed by atoms with Crippen molar-refractivity contribution < 1.29 is 45.4 Å². The second kappa shape index (κ2) is 10.3. The summed E-state index contributed by atoms with van der Waals surface area (Å²) in [5.41, 5.74) is -1.79. The van der Waals surface area contributed by atoms with Crippen molar-refractivity contribution in [3.05, 3.63) is 88.2 Å². The molecule has 0 aliphatic heterocycles. The van der Waals surface area contributed by atoms with Gasteiger partial charge in [0.2, 0.25) is 0 Å². The number of rotatable bonds is 6. The van der Waals surface area contributed by atoms with Crippen molar-refractivity contribution in [1.29, 1.82) is 0 Å². The Hall–Kier alpha value is -3.76. The summed E-state index contributed by atoms with van der Waals surface area (Å²) in [6.45, 7) is 2.35. The fourth-order valence-electron chi connectivity index (χ4n) is 4.00. The average Bonchev–Trinajstić information content (AvgIpc) is 2.80. The van der Waals surface area contributed by atoms with Gasteiger partial charge in [-0.15, -0.1) is 0 Å². The minimum atomic E-state index is -5.09. The van der Waals surface area contributed by atoms with Crippen LogP contribution >= 0.6 is 0 Å². The van der Waals surface area contributed by atoms with Gasteiger partial charge in [0.05, 0.1) is 24.3 Å². The van der Waals surface area contributed by atoms with Crippen molar-refractivity contribution in [2.75, 3.05) is 7.11 Å². The van der Waals surface area contributed by atoms with Crippen LogP contribution in [0.4, 0.5) is 35.5 Å². The van der Waals surface area contributed by atoms with Crippen LogP contribution in [0, 0.1) is 12.7 Å². The second-order valence-electron chi connectivity index (χ2n) is 8.44. The van der Waals surface area contributed by atoms with Crippen LogP contribution in [0.3, 0.4) is 0 Å². The maximum atomic E-state index is 14.3. The summed E-state index contributed by atoms with van der Waals surface area (Å²) in [7, 11) is 1.41. The third kappa shape index (κ3) is 6.33. The van der Waals surface area contributed by atoms with Crippen LogP contribution in [0.5, 0.6) is 5.75 Å². The molecule has 1 amide bonds. The first-order chi connectivity index (χ1) is 17.1. The van der Waals surface area contributed by atoms with Gasteiger partial charge < -0.3 is 9.84 Å². The standard InChI is InChI=1S/C26H22F7NO3/c1-14-4-7-23(37-3)22(8-14)20-6-5-19(27)12-21(20)15(2)34(24(35)36)13-16-9-17(25(28,29)30)11-18(10-16)26(31,32)33/h4-12,15H,13H2,1-3H3,(H,35,36). The fourth-order valence-corrected chi connectivity index (χ4v) is 4.00. The van der Waals surface area contributed by atoms with Crippen LogP contribution in [-0.2, 0) is 18.9 Å². The SMILES string of the molecule is COc1ccc(C)cc1-c1ccc(F)cc1C(C)N(Cc1cc(C(F)(F)F)cc(C(F)(F)F)c1)C(=O)O. The van der Waals surface area contributed by atoms with Crippen LogP contribution in [0.15, 0.2) is 54.6 Å². The van der Waals surface area contributed by atoms with E-state index < -0.39 is 53.5 Å². The molecule has 3 aromatic rings. The zero-order chi connectivity index (χ0) is 27.7. The third-order valence-electron chi connectivity index (χ3n) is 5.82. The van der Waals surface area contributed by atoms with Gasteiger partial charge in [0.15, 0.2) is 0 Å². The Morgan fingerprint density at radius 3 is 2.03 bits per heavy atom. The van der Waals surface area contributed by atoms with Gasteiger partial charge in [0.1, 0.15) is 11.6 Å². The van der Waals surface area contributed by atoms with E-state index >= 15 is 0 Å². The molecule has 3 aromatic carbocycles. The van der Waals surface area contributed by atoms with Crippen molar-refractivity contribution in [2.45, 2.75) is 38.8 Å². The van der Waals surface area contributed by atoms with Crippen molar-refractivity contribution in [1.82, 2.24) is 4.90 Å². The predicted octanol–water partition coefficient (Wildman–Crippen LogP) is 8.09. The van der Waals surface area contributed by atoms with Gasteiger partial charge in [-0.3, -0.25) is 4.90 Å². The molecule has 0 heterocycles. The first kappa shape index (κ1) is 27.8. The smallest absolute Gasteiger partial charge is 0.416 e. The largest absolute Gasteiger partial charge is 0.496 e. The molecule has 0 bridgehead atoms. The van der Waals surface area contributed by atoms with Crippen LogP contribution < -0.4 is 4.74 Å². The Bertz CT molecular complexity index is 1270. The number of ether oxygens (including phenoxy) is 1. The highest BCUT2D eigenvalue weighted by Crippen LogP contribution is 2.40. The molecule has 0 saturated carbocycles. The van der Waals surface area contributed by atoms with Gasteiger partial charge in [-0.05, 0) is 73.0 Å². The van der Waals surface area contributed by atoms with Crippen molar-refractivity contribution in [2.24, 2.45) is 0 Å². The number of carbonyl (C=O) groups is 1. The zero-order valence-electron chi connectivity index (χ0n) is 19.8. The minimum Gasteiger partial charge on any atom is -0.496 e. The number of amides is 1. The lowest BCUT2D eigenvalue weighted by molar-refractivity contribution is -0.143. The molecular formula is C26H22F7NO3. The molecule has 0 saturated heterocycles. The number of benzene rings is 3. The Morgan fingerprint density at radius 2 is 1.51 bits per heavy atom. The predicted molar refractivity (Wildman–Crippen MR) is 122 cm³/mol. The third-order valence-corrected chi connectivity index (χ3v) is 5.82. The van der Waals surface area contributed by atoms with Gasteiger partial charge in [-0.2, -0.15) is 26.3 Å². The lowest BCUT2D eigenvalue weighted by Gasteiger charge is -2.29. The Morgan fingerprint density at radius 1 is 0.919 bits per heavy atom. The first-order valence-electron chi connectivity index (χ1n) is 10.8. The minimum absolute atomic E-state index is 0.0350. The summed E-state index contributed by atoms with van der Waals surface area (Å²) < 4.78 is 99.4. The number of carboxylic acid groups (broad SMARTS) is 1. The summed E-state index contributed by atoms with van der Waals surface area (Å²) in [4.78, 5) is 12.8. The Kier molecular flexibility index (Phi) is 7.75. The lowest BCUT2D eigenvalue weighted by atomic mass is 9.93. The number of methoxy groups -OCH3 is 1. The molecule has 0 aliphatic carbocycles. The van der Waals surface area contributed by atoms with E-state index in [1.165, 1.54) is 20.1 Å². The van der Waals surface area contributed by atoms with Crippen molar-refractivity contribution in [3.63, 3.8) is 0 Å². The lowest BCUT2D eigenvalue weighted by Crippen LogP contribution is -2.32. The molecule has 11 heteroatoms.